The van der Waals surface area contributed by atoms with Crippen LogP contribution in [-0.2, 0) is 13.0 Å². The van der Waals surface area contributed by atoms with E-state index in [1.807, 2.05) is 0 Å². The van der Waals surface area contributed by atoms with E-state index in [9.17, 15) is 0 Å². The van der Waals surface area contributed by atoms with Gasteiger partial charge in [0.05, 0.1) is 0 Å². The minimum atomic E-state index is 0.970. The Labute approximate surface area is 117 Å². The smallest absolute Gasteiger partial charge is 0.0375 e. The summed E-state index contributed by atoms with van der Waals surface area (Å²) in [6.45, 7) is 7.04. The predicted molar refractivity (Wildman–Crippen MR) is 81.5 cm³/mol. The fourth-order valence-electron chi connectivity index (χ4n) is 3.32. The van der Waals surface area contributed by atoms with Crippen LogP contribution in [0.4, 0.5) is 5.69 Å². The van der Waals surface area contributed by atoms with Crippen LogP contribution in [0.5, 0.6) is 0 Å². The molecule has 104 valence electrons. The second kappa shape index (κ2) is 5.96. The molecule has 2 aliphatic rings. The Balaban J connectivity index is 1.70. The van der Waals surface area contributed by atoms with E-state index in [-0.39, 0.29) is 0 Å². The van der Waals surface area contributed by atoms with Gasteiger partial charge in [-0.05, 0) is 55.3 Å². The zero-order valence-corrected chi connectivity index (χ0v) is 12.1. The number of hydrogen-bond acceptors (Lipinski definition) is 2. The van der Waals surface area contributed by atoms with E-state index in [1.165, 1.54) is 50.9 Å². The fourth-order valence-corrected chi connectivity index (χ4v) is 3.32. The Hall–Kier alpha value is -1.02. The summed E-state index contributed by atoms with van der Waals surface area (Å²) in [5.41, 5.74) is 4.50. The van der Waals surface area contributed by atoms with E-state index in [2.05, 4.69) is 35.3 Å². The van der Waals surface area contributed by atoms with Gasteiger partial charge in [0.1, 0.15) is 0 Å². The molecule has 1 heterocycles. The van der Waals surface area contributed by atoms with Crippen LogP contribution in [0.1, 0.15) is 43.7 Å². The highest BCUT2D eigenvalue weighted by Gasteiger charge is 2.21. The predicted octanol–water partition coefficient (Wildman–Crippen LogP) is 3.67. The van der Waals surface area contributed by atoms with Crippen molar-refractivity contribution in [3.8, 4) is 0 Å². The van der Waals surface area contributed by atoms with Gasteiger partial charge in [0.15, 0.2) is 0 Å². The van der Waals surface area contributed by atoms with Crippen LogP contribution in [0.2, 0.25) is 0 Å². The summed E-state index contributed by atoms with van der Waals surface area (Å²) in [4.78, 5) is 2.63. The molecule has 0 atom stereocenters. The highest BCUT2D eigenvalue weighted by molar-refractivity contribution is 5.56. The summed E-state index contributed by atoms with van der Waals surface area (Å²) in [7, 11) is 0. The number of nitrogens with zero attached hydrogens (tertiary/aromatic N) is 1. The van der Waals surface area contributed by atoms with Crippen molar-refractivity contribution in [3.05, 3.63) is 29.3 Å². The van der Waals surface area contributed by atoms with Crippen LogP contribution < -0.4 is 5.32 Å². The average Bonchev–Trinajstić information content (AvgIpc) is 2.41. The van der Waals surface area contributed by atoms with Crippen LogP contribution in [0.25, 0.3) is 0 Å². The van der Waals surface area contributed by atoms with Crippen LogP contribution in [-0.4, -0.2) is 24.5 Å². The summed E-state index contributed by atoms with van der Waals surface area (Å²) in [6, 6.07) is 6.78. The molecule has 3 rings (SSSR count). The monoisotopic (exact) mass is 258 g/mol. The molecule has 0 saturated heterocycles. The maximum atomic E-state index is 3.54. The first-order valence-corrected chi connectivity index (χ1v) is 7.94. The summed E-state index contributed by atoms with van der Waals surface area (Å²) in [6.07, 6.45) is 6.88. The topological polar surface area (TPSA) is 15.3 Å². The van der Waals surface area contributed by atoms with Gasteiger partial charge in [0, 0.05) is 25.3 Å². The third-order valence-corrected chi connectivity index (χ3v) is 4.77. The Kier molecular flexibility index (Phi) is 4.07. The molecule has 1 aliphatic heterocycles. The summed E-state index contributed by atoms with van der Waals surface area (Å²) < 4.78 is 0. The van der Waals surface area contributed by atoms with Gasteiger partial charge in [0.25, 0.3) is 0 Å². The largest absolute Gasteiger partial charge is 0.385 e. The molecular weight excluding hydrogens is 232 g/mol. The molecular formula is C17H26N2. The van der Waals surface area contributed by atoms with Crippen LogP contribution in [0, 0.1) is 5.92 Å². The summed E-state index contributed by atoms with van der Waals surface area (Å²) >= 11 is 0. The SMILES string of the molecule is CCN(Cc1cccc2c1CCCN2)CC1CCC1. The highest BCUT2D eigenvalue weighted by atomic mass is 15.1. The van der Waals surface area contributed by atoms with E-state index in [1.54, 1.807) is 11.1 Å². The molecule has 1 N–H and O–H groups in total. The maximum absolute atomic E-state index is 3.54. The zero-order valence-electron chi connectivity index (χ0n) is 12.1. The molecule has 2 heteroatoms. The van der Waals surface area contributed by atoms with Crippen LogP contribution >= 0.6 is 0 Å². The molecule has 0 spiro atoms. The Morgan fingerprint density at radius 2 is 2.16 bits per heavy atom. The lowest BCUT2D eigenvalue weighted by atomic mass is 9.85. The van der Waals surface area contributed by atoms with Crippen molar-refractivity contribution in [2.45, 2.75) is 45.6 Å². The van der Waals surface area contributed by atoms with Gasteiger partial charge in [-0.1, -0.05) is 25.5 Å². The molecule has 0 aromatic heterocycles. The molecule has 1 aliphatic carbocycles. The van der Waals surface area contributed by atoms with Gasteiger partial charge in [-0.2, -0.15) is 0 Å². The van der Waals surface area contributed by atoms with Crippen molar-refractivity contribution < 1.29 is 0 Å². The number of fused-ring (bicyclic) bond motifs is 1. The molecule has 1 fully saturated rings. The Morgan fingerprint density at radius 3 is 2.89 bits per heavy atom. The molecule has 2 nitrogen and oxygen atoms in total. The first kappa shape index (κ1) is 13.0. The average molecular weight is 258 g/mol. The highest BCUT2D eigenvalue weighted by Crippen LogP contribution is 2.29. The standard InChI is InChI=1S/C17H26N2/c1-2-19(12-14-6-3-7-14)13-15-8-4-10-17-16(15)9-5-11-18-17/h4,8,10,14,18H,2-3,5-7,9,11-13H2,1H3. The normalized spacial score (nSPS) is 18.8. The minimum Gasteiger partial charge on any atom is -0.385 e. The van der Waals surface area contributed by atoms with E-state index in [0.29, 0.717) is 0 Å². The van der Waals surface area contributed by atoms with E-state index in [4.69, 9.17) is 0 Å². The van der Waals surface area contributed by atoms with Crippen molar-refractivity contribution >= 4 is 5.69 Å². The van der Waals surface area contributed by atoms with Crippen molar-refractivity contribution in [2.24, 2.45) is 5.92 Å². The number of hydrogen-bond donors (Lipinski definition) is 1. The molecule has 0 bridgehead atoms. The van der Waals surface area contributed by atoms with Crippen LogP contribution in [0.3, 0.4) is 0 Å². The van der Waals surface area contributed by atoms with Gasteiger partial charge >= 0.3 is 0 Å². The first-order valence-electron chi connectivity index (χ1n) is 7.94. The number of anilines is 1. The number of benzene rings is 1. The van der Waals surface area contributed by atoms with Crippen LogP contribution in [0.15, 0.2) is 18.2 Å². The Bertz CT molecular complexity index is 423. The van der Waals surface area contributed by atoms with Gasteiger partial charge in [-0.15, -0.1) is 0 Å². The van der Waals surface area contributed by atoms with Gasteiger partial charge < -0.3 is 5.32 Å². The molecule has 1 aromatic carbocycles. The maximum Gasteiger partial charge on any atom is 0.0375 e. The third-order valence-electron chi connectivity index (χ3n) is 4.77. The Morgan fingerprint density at radius 1 is 1.26 bits per heavy atom. The lowest BCUT2D eigenvalue weighted by Gasteiger charge is -2.32. The van der Waals surface area contributed by atoms with Crippen molar-refractivity contribution in [1.29, 1.82) is 0 Å². The van der Waals surface area contributed by atoms with Crippen molar-refractivity contribution in [1.82, 2.24) is 4.90 Å². The molecule has 1 aromatic rings. The van der Waals surface area contributed by atoms with Gasteiger partial charge in [-0.25, -0.2) is 0 Å². The lowest BCUT2D eigenvalue weighted by Crippen LogP contribution is -2.32. The lowest BCUT2D eigenvalue weighted by molar-refractivity contribution is 0.178. The molecule has 19 heavy (non-hydrogen) atoms. The molecule has 0 radical (unpaired) electrons. The van der Waals surface area contributed by atoms with Gasteiger partial charge in [-0.3, -0.25) is 4.90 Å². The number of nitrogens with one attached hydrogen (secondary N) is 1. The molecule has 1 saturated carbocycles. The quantitative estimate of drug-likeness (QED) is 0.867. The molecule has 0 unspecified atom stereocenters. The second-order valence-corrected chi connectivity index (χ2v) is 6.10. The second-order valence-electron chi connectivity index (χ2n) is 6.10. The minimum absolute atomic E-state index is 0.970. The molecule has 0 amide bonds. The first-order chi connectivity index (χ1) is 9.36. The third kappa shape index (κ3) is 2.94. The van der Waals surface area contributed by atoms with Crippen molar-refractivity contribution in [2.75, 3.05) is 25.0 Å². The van der Waals surface area contributed by atoms with Crippen molar-refractivity contribution in [3.63, 3.8) is 0 Å². The van der Waals surface area contributed by atoms with E-state index >= 15 is 0 Å². The van der Waals surface area contributed by atoms with E-state index in [0.717, 1.165) is 19.0 Å². The van der Waals surface area contributed by atoms with Gasteiger partial charge in [0.2, 0.25) is 0 Å². The summed E-state index contributed by atoms with van der Waals surface area (Å²) in [5, 5.41) is 3.54. The van der Waals surface area contributed by atoms with E-state index < -0.39 is 0 Å². The summed E-state index contributed by atoms with van der Waals surface area (Å²) in [5.74, 6) is 0.970. The zero-order chi connectivity index (χ0) is 13.1. The fraction of sp³-hybridized carbons (Fsp3) is 0.647. The number of rotatable bonds is 5.